The average molecular weight is 413 g/mol. The number of piperazine rings is 1. The minimum atomic E-state index is 0.213. The van der Waals surface area contributed by atoms with Crippen LogP contribution < -0.4 is 10.2 Å². The average Bonchev–Trinajstić information content (AvgIpc) is 3.25. The molecule has 7 nitrogen and oxygen atoms in total. The predicted molar refractivity (Wildman–Crippen MR) is 117 cm³/mol. The molecule has 2 aliphatic heterocycles. The van der Waals surface area contributed by atoms with Crippen LogP contribution in [0.3, 0.4) is 0 Å². The lowest BCUT2D eigenvalue weighted by Crippen LogP contribution is -2.53. The normalized spacial score (nSPS) is 17.3. The number of thiophene rings is 1. The molecule has 0 aliphatic carbocycles. The fourth-order valence-electron chi connectivity index (χ4n) is 3.92. The number of anilines is 1. The summed E-state index contributed by atoms with van der Waals surface area (Å²) in [6, 6.07) is 8.15. The first kappa shape index (κ1) is 19.7. The molecule has 1 fully saturated rings. The molecule has 1 amide bonds. The van der Waals surface area contributed by atoms with Gasteiger partial charge in [0.1, 0.15) is 5.82 Å². The molecule has 0 spiro atoms. The number of aliphatic imine (C=N–C) groups is 1. The molecule has 2 aromatic heterocycles. The van der Waals surface area contributed by atoms with Crippen molar-refractivity contribution >= 4 is 29.0 Å². The Balaban J connectivity index is 1.22. The maximum Gasteiger partial charge on any atom is 0.224 e. The van der Waals surface area contributed by atoms with Gasteiger partial charge in [-0.25, -0.2) is 4.98 Å². The van der Waals surface area contributed by atoms with Crippen molar-refractivity contribution in [3.05, 3.63) is 46.3 Å². The van der Waals surface area contributed by atoms with Gasteiger partial charge in [-0.3, -0.25) is 9.79 Å². The molecule has 1 saturated heterocycles. The van der Waals surface area contributed by atoms with Crippen LogP contribution in [-0.4, -0.2) is 73.0 Å². The lowest BCUT2D eigenvalue weighted by Gasteiger charge is -2.37. The summed E-state index contributed by atoms with van der Waals surface area (Å²) in [6.45, 7) is 5.78. The summed E-state index contributed by atoms with van der Waals surface area (Å²) in [5.41, 5.74) is 1.31. The van der Waals surface area contributed by atoms with E-state index < -0.39 is 0 Å². The van der Waals surface area contributed by atoms with Gasteiger partial charge in [0, 0.05) is 70.4 Å². The highest BCUT2D eigenvalue weighted by Crippen LogP contribution is 2.24. The highest BCUT2D eigenvalue weighted by atomic mass is 32.1. The molecule has 8 heteroatoms. The van der Waals surface area contributed by atoms with E-state index in [-0.39, 0.29) is 5.91 Å². The van der Waals surface area contributed by atoms with Gasteiger partial charge in [0.05, 0.1) is 0 Å². The molecular formula is C21H28N6OS. The molecule has 0 radical (unpaired) electrons. The fraction of sp³-hybridized carbons (Fsp3) is 0.476. The van der Waals surface area contributed by atoms with Gasteiger partial charge >= 0.3 is 0 Å². The molecule has 0 atom stereocenters. The summed E-state index contributed by atoms with van der Waals surface area (Å²) in [5, 5.41) is 5.50. The number of aromatic nitrogens is 1. The van der Waals surface area contributed by atoms with Gasteiger partial charge in [-0.05, 0) is 35.6 Å². The Morgan fingerprint density at radius 3 is 2.79 bits per heavy atom. The Kier molecular flexibility index (Phi) is 6.29. The van der Waals surface area contributed by atoms with E-state index in [1.54, 1.807) is 18.4 Å². The summed E-state index contributed by atoms with van der Waals surface area (Å²) < 4.78 is 0. The van der Waals surface area contributed by atoms with Crippen LogP contribution in [0.25, 0.3) is 0 Å². The van der Waals surface area contributed by atoms with Crippen LogP contribution in [0.1, 0.15) is 16.9 Å². The number of carbonyl (C=O) groups excluding carboxylic acids is 1. The Bertz CT molecular complexity index is 844. The van der Waals surface area contributed by atoms with Crippen LogP contribution in [0, 0.1) is 0 Å². The first-order chi connectivity index (χ1) is 14.2. The third-order valence-corrected chi connectivity index (χ3v) is 6.57. The Hall–Kier alpha value is -2.61. The van der Waals surface area contributed by atoms with Crippen molar-refractivity contribution < 1.29 is 4.79 Å². The van der Waals surface area contributed by atoms with E-state index in [4.69, 9.17) is 0 Å². The van der Waals surface area contributed by atoms with E-state index in [1.165, 1.54) is 10.4 Å². The zero-order chi connectivity index (χ0) is 20.1. The number of fused-ring (bicyclic) bond motifs is 1. The van der Waals surface area contributed by atoms with Crippen LogP contribution in [0.15, 0.2) is 40.8 Å². The zero-order valence-corrected chi connectivity index (χ0v) is 17.7. The van der Waals surface area contributed by atoms with Gasteiger partial charge in [0.2, 0.25) is 5.91 Å². The van der Waals surface area contributed by atoms with Gasteiger partial charge in [-0.15, -0.1) is 11.3 Å². The second-order valence-corrected chi connectivity index (χ2v) is 8.32. The van der Waals surface area contributed by atoms with Crippen LogP contribution in [0.5, 0.6) is 0 Å². The molecule has 1 N–H and O–H groups in total. The largest absolute Gasteiger partial charge is 0.356 e. The maximum atomic E-state index is 12.6. The number of nitrogens with zero attached hydrogens (tertiary/aromatic N) is 5. The molecule has 154 valence electrons. The van der Waals surface area contributed by atoms with Crippen molar-refractivity contribution in [3.63, 3.8) is 0 Å². The molecule has 2 aromatic rings. The van der Waals surface area contributed by atoms with Crippen LogP contribution in [0.2, 0.25) is 0 Å². The monoisotopic (exact) mass is 412 g/mol. The molecule has 4 rings (SSSR count). The first-order valence-electron chi connectivity index (χ1n) is 10.2. The molecule has 0 saturated carbocycles. The Labute approximate surface area is 176 Å². The van der Waals surface area contributed by atoms with Crippen molar-refractivity contribution in [2.75, 3.05) is 51.2 Å². The SMILES string of the molecule is CN=C(NCCC(=O)N1CCc2sccc2C1)N1CCN(c2ccccn2)CC1. The number of pyridine rings is 1. The minimum Gasteiger partial charge on any atom is -0.356 e. The standard InChI is InChI=1S/C21H28N6OS/c1-22-21(26-13-11-25(12-14-26)19-4-2-3-8-23-19)24-9-5-20(28)27-10-6-18-17(16-27)7-15-29-18/h2-4,7-8,15H,5-6,9-14,16H2,1H3,(H,22,24). The van der Waals surface area contributed by atoms with Crippen molar-refractivity contribution in [1.29, 1.82) is 0 Å². The second kappa shape index (κ2) is 9.26. The number of carbonyl (C=O) groups is 1. The highest BCUT2D eigenvalue weighted by molar-refractivity contribution is 7.10. The van der Waals surface area contributed by atoms with E-state index in [2.05, 4.69) is 36.5 Å². The number of hydrogen-bond acceptors (Lipinski definition) is 5. The van der Waals surface area contributed by atoms with Crippen LogP contribution >= 0.6 is 11.3 Å². The topological polar surface area (TPSA) is 64.1 Å². The number of rotatable bonds is 4. The highest BCUT2D eigenvalue weighted by Gasteiger charge is 2.22. The van der Waals surface area contributed by atoms with Gasteiger partial charge < -0.3 is 20.0 Å². The van der Waals surface area contributed by atoms with Crippen molar-refractivity contribution in [2.24, 2.45) is 4.99 Å². The van der Waals surface area contributed by atoms with Crippen molar-refractivity contribution in [2.45, 2.75) is 19.4 Å². The number of hydrogen-bond donors (Lipinski definition) is 1. The molecular weight excluding hydrogens is 384 g/mol. The Morgan fingerprint density at radius 1 is 1.17 bits per heavy atom. The molecule has 0 unspecified atom stereocenters. The number of nitrogens with one attached hydrogen (secondary N) is 1. The van der Waals surface area contributed by atoms with E-state index in [1.807, 2.05) is 29.3 Å². The third-order valence-electron chi connectivity index (χ3n) is 5.55. The van der Waals surface area contributed by atoms with Crippen LogP contribution in [0.4, 0.5) is 5.82 Å². The summed E-state index contributed by atoms with van der Waals surface area (Å²) in [4.78, 5) is 29.4. The number of guanidine groups is 1. The maximum absolute atomic E-state index is 12.6. The van der Waals surface area contributed by atoms with Gasteiger partial charge in [-0.1, -0.05) is 6.07 Å². The zero-order valence-electron chi connectivity index (χ0n) is 16.9. The van der Waals surface area contributed by atoms with E-state index in [0.29, 0.717) is 13.0 Å². The predicted octanol–water partition coefficient (Wildman–Crippen LogP) is 1.82. The van der Waals surface area contributed by atoms with Crippen molar-refractivity contribution in [3.8, 4) is 0 Å². The van der Waals surface area contributed by atoms with Gasteiger partial charge in [-0.2, -0.15) is 0 Å². The molecule has 29 heavy (non-hydrogen) atoms. The molecule has 4 heterocycles. The summed E-state index contributed by atoms with van der Waals surface area (Å²) >= 11 is 1.80. The van der Waals surface area contributed by atoms with Crippen molar-refractivity contribution in [1.82, 2.24) is 20.1 Å². The third kappa shape index (κ3) is 4.70. The Morgan fingerprint density at radius 2 is 2.03 bits per heavy atom. The quantitative estimate of drug-likeness (QED) is 0.613. The number of amides is 1. The summed E-state index contributed by atoms with van der Waals surface area (Å²) in [6.07, 6.45) is 3.31. The summed E-state index contributed by atoms with van der Waals surface area (Å²) in [5.74, 6) is 2.11. The first-order valence-corrected chi connectivity index (χ1v) is 11.1. The second-order valence-electron chi connectivity index (χ2n) is 7.32. The smallest absolute Gasteiger partial charge is 0.224 e. The molecule has 0 aromatic carbocycles. The van der Waals surface area contributed by atoms with E-state index >= 15 is 0 Å². The summed E-state index contributed by atoms with van der Waals surface area (Å²) in [7, 11) is 1.80. The minimum absolute atomic E-state index is 0.213. The lowest BCUT2D eigenvalue weighted by atomic mass is 10.1. The molecule has 0 bridgehead atoms. The van der Waals surface area contributed by atoms with Gasteiger partial charge in [0.25, 0.3) is 0 Å². The lowest BCUT2D eigenvalue weighted by molar-refractivity contribution is -0.131. The van der Waals surface area contributed by atoms with E-state index in [9.17, 15) is 4.79 Å². The van der Waals surface area contributed by atoms with Gasteiger partial charge in [0.15, 0.2) is 5.96 Å². The fourth-order valence-corrected chi connectivity index (χ4v) is 4.81. The molecule has 2 aliphatic rings. The van der Waals surface area contributed by atoms with Crippen LogP contribution in [-0.2, 0) is 17.8 Å². The van der Waals surface area contributed by atoms with E-state index in [0.717, 1.165) is 57.5 Å².